The van der Waals surface area contributed by atoms with Crippen LogP contribution < -0.4 is 5.32 Å². The lowest BCUT2D eigenvalue weighted by molar-refractivity contribution is -0.127. The molecule has 0 aromatic heterocycles. The molecule has 20 heavy (non-hydrogen) atoms. The highest BCUT2D eigenvalue weighted by Gasteiger charge is 2.37. The van der Waals surface area contributed by atoms with Crippen LogP contribution in [0.5, 0.6) is 0 Å². The minimum absolute atomic E-state index is 0.0148. The van der Waals surface area contributed by atoms with Gasteiger partial charge in [0.25, 0.3) is 5.91 Å². The average molecular weight is 300 g/mol. The number of halogens is 2. The van der Waals surface area contributed by atoms with Gasteiger partial charge in [-0.15, -0.1) is 0 Å². The molecule has 4 nitrogen and oxygen atoms in total. The Bertz CT molecular complexity index is 539. The number of carbonyl (C=O) groups excluding carboxylic acids is 2. The normalized spacial score (nSPS) is 18.6. The molecule has 0 radical (unpaired) electrons. The van der Waals surface area contributed by atoms with Crippen LogP contribution in [0.1, 0.15) is 12.0 Å². The number of amides is 3. The van der Waals surface area contributed by atoms with E-state index in [1.54, 1.807) is 11.8 Å². The maximum absolute atomic E-state index is 13.5. The minimum Gasteiger partial charge on any atom is -0.326 e. The summed E-state index contributed by atoms with van der Waals surface area (Å²) in [5.74, 6) is -0.904. The third kappa shape index (κ3) is 3.09. The van der Waals surface area contributed by atoms with E-state index in [0.717, 1.165) is 28.9 Å². The minimum atomic E-state index is -0.639. The van der Waals surface area contributed by atoms with Gasteiger partial charge in [-0.1, -0.05) is 0 Å². The van der Waals surface area contributed by atoms with E-state index in [4.69, 9.17) is 0 Å². The fourth-order valence-electron chi connectivity index (χ4n) is 1.99. The summed E-state index contributed by atoms with van der Waals surface area (Å²) >= 11 is 1.57. The van der Waals surface area contributed by atoms with Gasteiger partial charge in [-0.25, -0.2) is 13.6 Å². The lowest BCUT2D eigenvalue weighted by Crippen LogP contribution is -2.31. The molecule has 1 heterocycles. The van der Waals surface area contributed by atoms with Gasteiger partial charge in [0, 0.05) is 5.56 Å². The van der Waals surface area contributed by atoms with Crippen molar-refractivity contribution >= 4 is 23.7 Å². The molecule has 1 unspecified atom stereocenters. The first kappa shape index (κ1) is 14.8. The van der Waals surface area contributed by atoms with Gasteiger partial charge in [-0.3, -0.25) is 9.69 Å². The van der Waals surface area contributed by atoms with Crippen molar-refractivity contribution in [2.75, 3.05) is 12.0 Å². The third-order valence-electron chi connectivity index (χ3n) is 3.05. The summed E-state index contributed by atoms with van der Waals surface area (Å²) in [6.07, 6.45) is 2.43. The zero-order chi connectivity index (χ0) is 14.7. The molecule has 1 fully saturated rings. The van der Waals surface area contributed by atoms with E-state index in [1.807, 2.05) is 6.26 Å². The second-order valence-corrected chi connectivity index (χ2v) is 5.43. The number of benzene rings is 1. The first-order valence-electron chi connectivity index (χ1n) is 6.07. The molecule has 0 spiro atoms. The van der Waals surface area contributed by atoms with Crippen molar-refractivity contribution in [3.05, 3.63) is 35.4 Å². The van der Waals surface area contributed by atoms with Gasteiger partial charge in [0.15, 0.2) is 0 Å². The van der Waals surface area contributed by atoms with E-state index >= 15 is 0 Å². The Morgan fingerprint density at radius 2 is 2.10 bits per heavy atom. The highest BCUT2D eigenvalue weighted by Crippen LogP contribution is 2.17. The molecule has 1 aromatic carbocycles. The summed E-state index contributed by atoms with van der Waals surface area (Å²) in [6, 6.07) is 1.82. The highest BCUT2D eigenvalue weighted by atomic mass is 32.2. The Morgan fingerprint density at radius 1 is 1.35 bits per heavy atom. The molecule has 1 aromatic rings. The zero-order valence-electron chi connectivity index (χ0n) is 10.9. The molecule has 1 aliphatic heterocycles. The van der Waals surface area contributed by atoms with Gasteiger partial charge in [0.1, 0.15) is 17.7 Å². The van der Waals surface area contributed by atoms with Crippen LogP contribution in [0.3, 0.4) is 0 Å². The summed E-state index contributed by atoms with van der Waals surface area (Å²) in [6.45, 7) is -0.260. The molecule has 1 atom stereocenters. The molecule has 1 aliphatic rings. The number of nitrogens with zero attached hydrogens (tertiary/aromatic N) is 1. The maximum Gasteiger partial charge on any atom is 0.325 e. The van der Waals surface area contributed by atoms with Crippen LogP contribution in [-0.4, -0.2) is 34.9 Å². The van der Waals surface area contributed by atoms with Crippen LogP contribution >= 0.6 is 11.8 Å². The maximum atomic E-state index is 13.5. The van der Waals surface area contributed by atoms with Crippen molar-refractivity contribution < 1.29 is 18.4 Å². The molecule has 2 rings (SSSR count). The summed E-state index contributed by atoms with van der Waals surface area (Å²) in [7, 11) is 0. The van der Waals surface area contributed by atoms with E-state index in [2.05, 4.69) is 5.32 Å². The molecule has 0 saturated carbocycles. The molecule has 0 aliphatic carbocycles. The van der Waals surface area contributed by atoms with Gasteiger partial charge in [0.2, 0.25) is 0 Å². The van der Waals surface area contributed by atoms with Crippen LogP contribution in [0.2, 0.25) is 0 Å². The first-order chi connectivity index (χ1) is 9.52. The lowest BCUT2D eigenvalue weighted by Gasteiger charge is -2.13. The molecule has 7 heteroatoms. The number of hydrogen-bond donors (Lipinski definition) is 1. The monoisotopic (exact) mass is 300 g/mol. The van der Waals surface area contributed by atoms with E-state index in [-0.39, 0.29) is 12.1 Å². The van der Waals surface area contributed by atoms with Crippen LogP contribution in [0.25, 0.3) is 0 Å². The standard InChI is InChI=1S/C13H14F2N2O2S/c1-20-5-4-11-12(18)17(13(19)16-11)7-8-6-9(14)2-3-10(8)15/h2-3,6,11H,4-5,7H2,1H3,(H,16,19). The van der Waals surface area contributed by atoms with Crippen molar-refractivity contribution in [2.24, 2.45) is 0 Å². The van der Waals surface area contributed by atoms with Crippen LogP contribution in [-0.2, 0) is 11.3 Å². The van der Waals surface area contributed by atoms with Crippen molar-refractivity contribution in [1.82, 2.24) is 10.2 Å². The fourth-order valence-corrected chi connectivity index (χ4v) is 2.46. The number of carbonyl (C=O) groups is 2. The van der Waals surface area contributed by atoms with Crippen molar-refractivity contribution in [3.8, 4) is 0 Å². The van der Waals surface area contributed by atoms with E-state index in [0.29, 0.717) is 6.42 Å². The summed E-state index contributed by atoms with van der Waals surface area (Å²) in [5.41, 5.74) is -0.0148. The number of rotatable bonds is 5. The number of urea groups is 1. The smallest absolute Gasteiger partial charge is 0.325 e. The Morgan fingerprint density at radius 3 is 2.80 bits per heavy atom. The summed E-state index contributed by atoms with van der Waals surface area (Å²) < 4.78 is 26.6. The van der Waals surface area contributed by atoms with Crippen LogP contribution in [0.15, 0.2) is 18.2 Å². The highest BCUT2D eigenvalue weighted by molar-refractivity contribution is 7.98. The average Bonchev–Trinajstić information content (AvgIpc) is 2.68. The largest absolute Gasteiger partial charge is 0.326 e. The van der Waals surface area contributed by atoms with Crippen molar-refractivity contribution in [2.45, 2.75) is 19.0 Å². The number of nitrogens with one attached hydrogen (secondary N) is 1. The second-order valence-electron chi connectivity index (χ2n) is 4.44. The van der Waals surface area contributed by atoms with Gasteiger partial charge in [0.05, 0.1) is 6.54 Å². The Hall–Kier alpha value is -1.63. The molecule has 108 valence electrons. The number of imide groups is 1. The van der Waals surface area contributed by atoms with Gasteiger partial charge < -0.3 is 5.32 Å². The number of thioether (sulfide) groups is 1. The Labute approximate surface area is 119 Å². The van der Waals surface area contributed by atoms with E-state index in [9.17, 15) is 18.4 Å². The molecule has 1 N–H and O–H groups in total. The Kier molecular flexibility index (Phi) is 4.59. The quantitative estimate of drug-likeness (QED) is 0.848. The molecule has 0 bridgehead atoms. The van der Waals surface area contributed by atoms with Gasteiger partial charge >= 0.3 is 6.03 Å². The summed E-state index contributed by atoms with van der Waals surface area (Å²) in [4.78, 5) is 24.7. The molecule has 1 saturated heterocycles. The predicted molar refractivity (Wildman–Crippen MR) is 72.2 cm³/mol. The number of hydrogen-bond acceptors (Lipinski definition) is 3. The molecule has 3 amide bonds. The third-order valence-corrected chi connectivity index (χ3v) is 3.70. The van der Waals surface area contributed by atoms with E-state index < -0.39 is 29.6 Å². The van der Waals surface area contributed by atoms with Gasteiger partial charge in [-0.05, 0) is 36.6 Å². The van der Waals surface area contributed by atoms with Gasteiger partial charge in [-0.2, -0.15) is 11.8 Å². The molecular formula is C13H14F2N2O2S. The van der Waals surface area contributed by atoms with Crippen molar-refractivity contribution in [3.63, 3.8) is 0 Å². The second kappa shape index (κ2) is 6.21. The topological polar surface area (TPSA) is 49.4 Å². The predicted octanol–water partition coefficient (Wildman–Crippen LogP) is 2.14. The van der Waals surface area contributed by atoms with Crippen LogP contribution in [0, 0.1) is 11.6 Å². The van der Waals surface area contributed by atoms with Crippen molar-refractivity contribution in [1.29, 1.82) is 0 Å². The first-order valence-corrected chi connectivity index (χ1v) is 7.47. The summed E-state index contributed by atoms with van der Waals surface area (Å²) in [5, 5.41) is 2.55. The molecular weight excluding hydrogens is 286 g/mol. The SMILES string of the molecule is CSCCC1NC(=O)N(Cc2cc(F)ccc2F)C1=O. The zero-order valence-corrected chi connectivity index (χ0v) is 11.7. The Balaban J connectivity index is 2.11. The lowest BCUT2D eigenvalue weighted by atomic mass is 10.2. The van der Waals surface area contributed by atoms with Crippen LogP contribution in [0.4, 0.5) is 13.6 Å². The fraction of sp³-hybridized carbons (Fsp3) is 0.385. The van der Waals surface area contributed by atoms with E-state index in [1.165, 1.54) is 0 Å².